The highest BCUT2D eigenvalue weighted by atomic mass is 32.2. The number of carbonyl (C=O) groups excluding carboxylic acids is 1. The Hall–Kier alpha value is -3.16. The van der Waals surface area contributed by atoms with Crippen molar-refractivity contribution in [2.75, 3.05) is 24.7 Å². The molecule has 6 nitrogen and oxygen atoms in total. The highest BCUT2D eigenvalue weighted by Crippen LogP contribution is 2.37. The summed E-state index contributed by atoms with van der Waals surface area (Å²) in [6, 6.07) is 27.3. The van der Waals surface area contributed by atoms with Crippen LogP contribution in [0.4, 0.5) is 5.69 Å². The summed E-state index contributed by atoms with van der Waals surface area (Å²) in [6.07, 6.45) is 3.24. The third-order valence-corrected chi connectivity index (χ3v) is 10.7. The quantitative estimate of drug-likeness (QED) is 0.363. The molecule has 212 valence electrons. The first-order valence-electron chi connectivity index (χ1n) is 14.5. The van der Waals surface area contributed by atoms with Gasteiger partial charge in [0, 0.05) is 35.9 Å². The van der Waals surface area contributed by atoms with Crippen LogP contribution in [-0.4, -0.2) is 67.6 Å². The van der Waals surface area contributed by atoms with Crippen molar-refractivity contribution in [3.8, 4) is 11.1 Å². The smallest absolute Gasteiger partial charge is 0.245 e. The lowest BCUT2D eigenvalue weighted by molar-refractivity contribution is -0.132. The lowest BCUT2D eigenvalue weighted by atomic mass is 9.81. The number of carbonyl (C=O) groups is 1. The predicted octanol–water partition coefficient (Wildman–Crippen LogP) is 5.72. The molecule has 0 bridgehead atoms. The van der Waals surface area contributed by atoms with Crippen LogP contribution in [0.25, 0.3) is 11.1 Å². The molecule has 0 radical (unpaired) electrons. The van der Waals surface area contributed by atoms with E-state index in [1.165, 1.54) is 0 Å². The molecule has 3 aromatic carbocycles. The molecule has 5 rings (SSSR count). The molecule has 2 fully saturated rings. The molecule has 1 saturated heterocycles. The van der Waals surface area contributed by atoms with Crippen LogP contribution in [0.1, 0.15) is 39.5 Å². The number of para-hydroxylation sites is 1. The summed E-state index contributed by atoms with van der Waals surface area (Å²) in [4.78, 5) is 18.6. The Morgan fingerprint density at radius 3 is 2.25 bits per heavy atom. The minimum atomic E-state index is -3.48. The first-order valence-corrected chi connectivity index (χ1v) is 16.1. The van der Waals surface area contributed by atoms with E-state index in [0.717, 1.165) is 36.1 Å². The second-order valence-corrected chi connectivity index (χ2v) is 13.6. The largest absolute Gasteiger partial charge is 0.373 e. The van der Waals surface area contributed by atoms with E-state index in [2.05, 4.69) is 49.3 Å². The zero-order valence-corrected chi connectivity index (χ0v) is 24.6. The molecule has 1 amide bonds. The molecule has 4 atom stereocenters. The van der Waals surface area contributed by atoms with Gasteiger partial charge in [0.1, 0.15) is 6.04 Å². The van der Waals surface area contributed by atoms with Gasteiger partial charge in [-0.05, 0) is 76.3 Å². The Morgan fingerprint density at radius 2 is 1.55 bits per heavy atom. The Kier molecular flexibility index (Phi) is 8.62. The Morgan fingerprint density at radius 1 is 0.900 bits per heavy atom. The van der Waals surface area contributed by atoms with E-state index < -0.39 is 9.84 Å². The maximum absolute atomic E-state index is 13.9. The van der Waals surface area contributed by atoms with E-state index in [-0.39, 0.29) is 29.7 Å². The third kappa shape index (κ3) is 6.11. The van der Waals surface area contributed by atoms with E-state index in [1.807, 2.05) is 47.4 Å². The van der Waals surface area contributed by atoms with Gasteiger partial charge in [-0.15, -0.1) is 0 Å². The maximum atomic E-state index is 13.9. The lowest BCUT2D eigenvalue weighted by Gasteiger charge is -2.44. The standard InChI is InChI=1S/C33H41N3O3S/c1-24(2)35(3)27-18-19-32(26(22-27)23-40(38,39)28-14-8-5-9-15-28)36-21-20-31(33(36)37)34-30-17-11-10-16-29(30)25-12-6-4-7-13-25/h4-17,24,26-27,31-32,34H,18-23H2,1-3H3/t26-,27+,31?,32-/m0/s1. The van der Waals surface area contributed by atoms with Crippen molar-refractivity contribution in [1.82, 2.24) is 9.80 Å². The fourth-order valence-corrected chi connectivity index (χ4v) is 8.13. The van der Waals surface area contributed by atoms with E-state index >= 15 is 0 Å². The number of anilines is 1. The van der Waals surface area contributed by atoms with Crippen molar-refractivity contribution in [3.05, 3.63) is 84.9 Å². The summed E-state index contributed by atoms with van der Waals surface area (Å²) < 4.78 is 27.0. The normalized spacial score (nSPS) is 23.6. The van der Waals surface area contributed by atoms with Crippen LogP contribution in [0.15, 0.2) is 89.8 Å². The van der Waals surface area contributed by atoms with Crippen molar-refractivity contribution in [2.24, 2.45) is 5.92 Å². The SMILES string of the molecule is CC(C)N(C)[C@@H]1CC[C@H](N2CCC(Nc3ccccc3-c3ccccc3)C2=O)[C@H](CS(=O)(=O)c2ccccc2)C1. The fourth-order valence-electron chi connectivity index (χ4n) is 6.44. The third-order valence-electron chi connectivity index (χ3n) is 8.82. The number of hydrogen-bond acceptors (Lipinski definition) is 5. The average Bonchev–Trinajstić information content (AvgIpc) is 3.32. The summed E-state index contributed by atoms with van der Waals surface area (Å²) in [5.74, 6) is 0.0122. The number of benzene rings is 3. The molecule has 1 heterocycles. The van der Waals surface area contributed by atoms with Gasteiger partial charge >= 0.3 is 0 Å². The van der Waals surface area contributed by atoms with E-state index in [4.69, 9.17) is 0 Å². The molecule has 1 aliphatic heterocycles. The van der Waals surface area contributed by atoms with Crippen LogP contribution >= 0.6 is 0 Å². The molecule has 40 heavy (non-hydrogen) atoms. The molecule has 2 aliphatic rings. The van der Waals surface area contributed by atoms with Gasteiger partial charge in [0.2, 0.25) is 5.91 Å². The summed E-state index contributed by atoms with van der Waals surface area (Å²) in [7, 11) is -1.35. The second kappa shape index (κ2) is 12.1. The molecule has 1 saturated carbocycles. The molecular weight excluding hydrogens is 518 g/mol. The monoisotopic (exact) mass is 559 g/mol. The first-order chi connectivity index (χ1) is 19.2. The molecule has 7 heteroatoms. The highest BCUT2D eigenvalue weighted by Gasteiger charge is 2.44. The number of sulfone groups is 1. The van der Waals surface area contributed by atoms with Crippen molar-refractivity contribution in [2.45, 2.75) is 68.6 Å². The minimum absolute atomic E-state index is 0.0584. The molecule has 3 aromatic rings. The summed E-state index contributed by atoms with van der Waals surface area (Å²) >= 11 is 0. The first kappa shape index (κ1) is 28.4. The van der Waals surface area contributed by atoms with Crippen LogP contribution in [-0.2, 0) is 14.6 Å². The Labute approximate surface area is 239 Å². The van der Waals surface area contributed by atoms with Gasteiger partial charge in [0.15, 0.2) is 9.84 Å². The highest BCUT2D eigenvalue weighted by molar-refractivity contribution is 7.91. The van der Waals surface area contributed by atoms with E-state index in [1.54, 1.807) is 24.3 Å². The minimum Gasteiger partial charge on any atom is -0.373 e. The van der Waals surface area contributed by atoms with Crippen LogP contribution in [0, 0.1) is 5.92 Å². The fraction of sp³-hybridized carbons (Fsp3) is 0.424. The number of hydrogen-bond donors (Lipinski definition) is 1. The number of rotatable bonds is 9. The summed E-state index contributed by atoms with van der Waals surface area (Å²) in [5.41, 5.74) is 3.12. The van der Waals surface area contributed by atoms with Gasteiger partial charge in [-0.25, -0.2) is 8.42 Å². The molecule has 0 spiro atoms. The van der Waals surface area contributed by atoms with Crippen molar-refractivity contribution in [3.63, 3.8) is 0 Å². The molecule has 1 unspecified atom stereocenters. The van der Waals surface area contributed by atoms with Crippen molar-refractivity contribution in [1.29, 1.82) is 0 Å². The van der Waals surface area contributed by atoms with E-state index in [0.29, 0.717) is 29.9 Å². The average molecular weight is 560 g/mol. The maximum Gasteiger partial charge on any atom is 0.245 e. The molecular formula is C33H41N3O3S. The molecule has 1 aliphatic carbocycles. The number of amides is 1. The zero-order valence-electron chi connectivity index (χ0n) is 23.7. The molecule has 0 aromatic heterocycles. The zero-order chi connectivity index (χ0) is 28.3. The van der Waals surface area contributed by atoms with Gasteiger partial charge in [-0.3, -0.25) is 4.79 Å². The van der Waals surface area contributed by atoms with Crippen LogP contribution < -0.4 is 5.32 Å². The van der Waals surface area contributed by atoms with Crippen molar-refractivity contribution >= 4 is 21.4 Å². The topological polar surface area (TPSA) is 69.7 Å². The van der Waals surface area contributed by atoms with E-state index in [9.17, 15) is 13.2 Å². The van der Waals surface area contributed by atoms with Gasteiger partial charge in [0.25, 0.3) is 0 Å². The lowest BCUT2D eigenvalue weighted by Crippen LogP contribution is -2.52. The van der Waals surface area contributed by atoms with Gasteiger partial charge in [-0.2, -0.15) is 0 Å². The number of likely N-dealkylation sites (tertiary alicyclic amines) is 1. The number of nitrogens with one attached hydrogen (secondary N) is 1. The Balaban J connectivity index is 1.36. The van der Waals surface area contributed by atoms with Gasteiger partial charge in [-0.1, -0.05) is 66.7 Å². The summed E-state index contributed by atoms with van der Waals surface area (Å²) in [6.45, 7) is 4.99. The predicted molar refractivity (Wildman–Crippen MR) is 162 cm³/mol. The second-order valence-electron chi connectivity index (χ2n) is 11.6. The van der Waals surface area contributed by atoms with Crippen LogP contribution in [0.2, 0.25) is 0 Å². The van der Waals surface area contributed by atoms with Crippen LogP contribution in [0.5, 0.6) is 0 Å². The Bertz CT molecular complexity index is 1390. The summed E-state index contributed by atoms with van der Waals surface area (Å²) in [5, 5.41) is 3.54. The number of nitrogens with zero attached hydrogens (tertiary/aromatic N) is 2. The van der Waals surface area contributed by atoms with Gasteiger partial charge in [0.05, 0.1) is 10.6 Å². The van der Waals surface area contributed by atoms with Crippen molar-refractivity contribution < 1.29 is 13.2 Å². The van der Waals surface area contributed by atoms with Gasteiger partial charge < -0.3 is 15.1 Å². The molecule has 1 N–H and O–H groups in total. The van der Waals surface area contributed by atoms with Crippen LogP contribution in [0.3, 0.4) is 0 Å².